The fourth-order valence-electron chi connectivity index (χ4n) is 3.72. The molecule has 132 valence electrons. The van der Waals surface area contributed by atoms with Crippen molar-refractivity contribution in [1.82, 2.24) is 20.0 Å². The van der Waals surface area contributed by atoms with Crippen LogP contribution in [0.2, 0.25) is 0 Å². The summed E-state index contributed by atoms with van der Waals surface area (Å²) in [5.41, 5.74) is 2.77. The predicted octanol–water partition coefficient (Wildman–Crippen LogP) is 2.07. The third-order valence-corrected chi connectivity index (χ3v) is 5.04. The third-order valence-electron chi connectivity index (χ3n) is 5.04. The summed E-state index contributed by atoms with van der Waals surface area (Å²) in [6, 6.07) is 3.81. The number of carbonyl (C=O) groups is 1. The molecule has 1 aliphatic carbocycles. The Labute approximate surface area is 144 Å². The van der Waals surface area contributed by atoms with Gasteiger partial charge in [0.2, 0.25) is 0 Å². The first-order chi connectivity index (χ1) is 12.1. The molecular weight excluding hydrogens is 326 g/mol. The first kappa shape index (κ1) is 16.2. The van der Waals surface area contributed by atoms with E-state index in [9.17, 15) is 13.6 Å². The maximum absolute atomic E-state index is 13.6. The van der Waals surface area contributed by atoms with E-state index in [2.05, 4.69) is 10.4 Å². The van der Waals surface area contributed by atoms with Gasteiger partial charge in [-0.05, 0) is 38.3 Å². The van der Waals surface area contributed by atoms with Crippen molar-refractivity contribution in [2.24, 2.45) is 0 Å². The molecule has 1 aliphatic heterocycles. The van der Waals surface area contributed by atoms with Crippen LogP contribution >= 0.6 is 0 Å². The lowest BCUT2D eigenvalue weighted by Gasteiger charge is -2.33. The molecule has 0 radical (unpaired) electrons. The van der Waals surface area contributed by atoms with Gasteiger partial charge in [0, 0.05) is 43.0 Å². The number of aromatic nitrogens is 2. The van der Waals surface area contributed by atoms with Crippen molar-refractivity contribution < 1.29 is 13.6 Å². The quantitative estimate of drug-likeness (QED) is 0.906. The first-order valence-corrected chi connectivity index (χ1v) is 8.64. The largest absolute Gasteiger partial charge is 0.332 e. The minimum absolute atomic E-state index is 0.0755. The van der Waals surface area contributed by atoms with Gasteiger partial charge in [-0.25, -0.2) is 13.5 Å². The summed E-state index contributed by atoms with van der Waals surface area (Å²) in [5, 5.41) is 7.77. The average Bonchev–Trinajstić information content (AvgIpc) is 3.20. The van der Waals surface area contributed by atoms with Crippen LogP contribution in [-0.4, -0.2) is 46.3 Å². The normalized spacial score (nSPS) is 20.0. The number of amides is 1. The molecule has 1 fully saturated rings. The minimum atomic E-state index is -0.914. The smallest absolute Gasteiger partial charge is 0.274 e. The Bertz CT molecular complexity index is 833. The lowest BCUT2D eigenvalue weighted by atomic mass is 10.1. The zero-order valence-electron chi connectivity index (χ0n) is 14.1. The molecule has 1 amide bonds. The highest BCUT2D eigenvalue weighted by Gasteiger charge is 2.32. The highest BCUT2D eigenvalue weighted by Crippen LogP contribution is 2.29. The molecule has 25 heavy (non-hydrogen) atoms. The Kier molecular flexibility index (Phi) is 4.03. The van der Waals surface area contributed by atoms with Crippen LogP contribution in [0, 0.1) is 11.6 Å². The molecule has 1 saturated heterocycles. The molecule has 1 aromatic carbocycles. The summed E-state index contributed by atoms with van der Waals surface area (Å²) in [6.45, 7) is 4.18. The summed E-state index contributed by atoms with van der Waals surface area (Å²) in [5.74, 6) is -1.88. The molecule has 0 saturated carbocycles. The Balaban J connectivity index is 1.75. The van der Waals surface area contributed by atoms with Gasteiger partial charge in [-0.1, -0.05) is 0 Å². The molecule has 1 aromatic heterocycles. The fraction of sp³-hybridized carbons (Fsp3) is 0.444. The Morgan fingerprint density at radius 1 is 1.28 bits per heavy atom. The van der Waals surface area contributed by atoms with Gasteiger partial charge in [-0.15, -0.1) is 0 Å². The van der Waals surface area contributed by atoms with Gasteiger partial charge >= 0.3 is 0 Å². The minimum Gasteiger partial charge on any atom is -0.332 e. The topological polar surface area (TPSA) is 50.2 Å². The highest BCUT2D eigenvalue weighted by atomic mass is 19.2. The molecule has 2 heterocycles. The van der Waals surface area contributed by atoms with Crippen LogP contribution in [-0.2, 0) is 12.8 Å². The molecule has 1 atom stereocenters. The molecule has 5 nitrogen and oxygen atoms in total. The number of carbonyl (C=O) groups excluding carboxylic acids is 1. The summed E-state index contributed by atoms with van der Waals surface area (Å²) >= 11 is 0. The molecule has 7 heteroatoms. The van der Waals surface area contributed by atoms with E-state index in [0.29, 0.717) is 17.9 Å². The molecule has 0 unspecified atom stereocenters. The van der Waals surface area contributed by atoms with Crippen molar-refractivity contribution in [2.45, 2.75) is 32.2 Å². The molecule has 4 rings (SSSR count). The van der Waals surface area contributed by atoms with Crippen LogP contribution in [0.15, 0.2) is 18.2 Å². The van der Waals surface area contributed by atoms with E-state index in [1.54, 1.807) is 4.68 Å². The van der Waals surface area contributed by atoms with E-state index in [1.807, 2.05) is 11.8 Å². The molecule has 2 aromatic rings. The van der Waals surface area contributed by atoms with Gasteiger partial charge in [0.05, 0.1) is 5.69 Å². The lowest BCUT2D eigenvalue weighted by Crippen LogP contribution is -2.52. The van der Waals surface area contributed by atoms with Crippen molar-refractivity contribution in [3.05, 3.63) is 46.8 Å². The Hall–Kier alpha value is -2.28. The maximum atomic E-state index is 13.6. The number of nitrogens with one attached hydrogen (secondary N) is 1. The zero-order chi connectivity index (χ0) is 17.6. The summed E-state index contributed by atoms with van der Waals surface area (Å²) in [6.07, 6.45) is 2.51. The molecule has 2 aliphatic rings. The number of piperazine rings is 1. The van der Waals surface area contributed by atoms with Crippen LogP contribution in [0.5, 0.6) is 0 Å². The molecule has 0 bridgehead atoms. The second-order valence-electron chi connectivity index (χ2n) is 6.69. The molecular formula is C18H20F2N4O. The number of hydrogen-bond donors (Lipinski definition) is 1. The van der Waals surface area contributed by atoms with Crippen molar-refractivity contribution >= 4 is 5.91 Å². The van der Waals surface area contributed by atoms with Crippen LogP contribution in [0.25, 0.3) is 5.69 Å². The number of halogens is 2. The Morgan fingerprint density at radius 2 is 2.12 bits per heavy atom. The number of fused-ring (bicyclic) bond motifs is 1. The van der Waals surface area contributed by atoms with Gasteiger partial charge < -0.3 is 10.2 Å². The van der Waals surface area contributed by atoms with Crippen molar-refractivity contribution in [3.8, 4) is 5.69 Å². The molecule has 0 spiro atoms. The number of benzene rings is 1. The van der Waals surface area contributed by atoms with Gasteiger partial charge in [0.15, 0.2) is 17.3 Å². The number of nitrogens with zero attached hydrogens (tertiary/aromatic N) is 3. The average molecular weight is 346 g/mol. The van der Waals surface area contributed by atoms with Gasteiger partial charge in [0.25, 0.3) is 5.91 Å². The molecule has 1 N–H and O–H groups in total. The SMILES string of the molecule is C[C@@H]1CNCCN1C(=O)c1nn(-c2ccc(F)c(F)c2)c2c1CCC2. The van der Waals surface area contributed by atoms with Gasteiger partial charge in [0.1, 0.15) is 0 Å². The van der Waals surface area contributed by atoms with E-state index < -0.39 is 11.6 Å². The second-order valence-corrected chi connectivity index (χ2v) is 6.69. The fourth-order valence-corrected chi connectivity index (χ4v) is 3.72. The highest BCUT2D eigenvalue weighted by molar-refractivity contribution is 5.94. The summed E-state index contributed by atoms with van der Waals surface area (Å²) < 4.78 is 28.5. The van der Waals surface area contributed by atoms with Crippen molar-refractivity contribution in [1.29, 1.82) is 0 Å². The van der Waals surface area contributed by atoms with E-state index in [0.717, 1.165) is 55.7 Å². The van der Waals surface area contributed by atoms with Crippen molar-refractivity contribution in [3.63, 3.8) is 0 Å². The zero-order valence-corrected chi connectivity index (χ0v) is 14.1. The van der Waals surface area contributed by atoms with Crippen molar-refractivity contribution in [2.75, 3.05) is 19.6 Å². The van der Waals surface area contributed by atoms with Gasteiger partial charge in [-0.2, -0.15) is 5.10 Å². The van der Waals surface area contributed by atoms with Crippen LogP contribution in [0.3, 0.4) is 0 Å². The Morgan fingerprint density at radius 3 is 2.88 bits per heavy atom. The number of rotatable bonds is 2. The van der Waals surface area contributed by atoms with E-state index in [4.69, 9.17) is 0 Å². The van der Waals surface area contributed by atoms with Crippen LogP contribution in [0.1, 0.15) is 35.1 Å². The predicted molar refractivity (Wildman–Crippen MR) is 88.9 cm³/mol. The third kappa shape index (κ3) is 2.72. The van der Waals surface area contributed by atoms with Gasteiger partial charge in [-0.3, -0.25) is 4.79 Å². The first-order valence-electron chi connectivity index (χ1n) is 8.64. The van der Waals surface area contributed by atoms with E-state index in [1.165, 1.54) is 6.07 Å². The maximum Gasteiger partial charge on any atom is 0.274 e. The lowest BCUT2D eigenvalue weighted by molar-refractivity contribution is 0.0648. The second kappa shape index (κ2) is 6.22. The summed E-state index contributed by atoms with van der Waals surface area (Å²) in [7, 11) is 0. The van der Waals surface area contributed by atoms with E-state index in [-0.39, 0.29) is 11.9 Å². The van der Waals surface area contributed by atoms with Crippen LogP contribution in [0.4, 0.5) is 8.78 Å². The monoisotopic (exact) mass is 346 g/mol. The van der Waals surface area contributed by atoms with Crippen LogP contribution < -0.4 is 5.32 Å². The van der Waals surface area contributed by atoms with E-state index >= 15 is 0 Å². The number of hydrogen-bond acceptors (Lipinski definition) is 3. The summed E-state index contributed by atoms with van der Waals surface area (Å²) in [4.78, 5) is 14.9. The standard InChI is InChI=1S/C18H20F2N4O/c1-11-10-21-7-8-23(11)18(25)17-13-3-2-4-16(13)24(22-17)12-5-6-14(19)15(20)9-12/h5-6,9,11,21H,2-4,7-8,10H2,1H3/t11-/m1/s1.